The van der Waals surface area contributed by atoms with Crippen LogP contribution in [0.2, 0.25) is 0 Å². The third-order valence-corrected chi connectivity index (χ3v) is 3.47. The normalized spacial score (nSPS) is 36.8. The monoisotopic (exact) mass is 169 g/mol. The Kier molecular flexibility index (Phi) is 2.53. The molecule has 1 nitrogen and oxygen atoms in total. The van der Waals surface area contributed by atoms with Gasteiger partial charge in [-0.05, 0) is 43.9 Å². The molecular formula is C11H23N. The zero-order valence-corrected chi connectivity index (χ0v) is 9.09. The second-order valence-corrected chi connectivity index (χ2v) is 5.46. The van der Waals surface area contributed by atoms with E-state index in [0.29, 0.717) is 0 Å². The van der Waals surface area contributed by atoms with Crippen molar-refractivity contribution in [2.45, 2.75) is 46.6 Å². The van der Waals surface area contributed by atoms with Crippen LogP contribution in [0.15, 0.2) is 0 Å². The molecule has 1 saturated carbocycles. The van der Waals surface area contributed by atoms with Gasteiger partial charge in [-0.25, -0.2) is 0 Å². The SMILES string of the molecule is CC(C)C1C(C(C)(C)N)C[C@H]1C. The van der Waals surface area contributed by atoms with E-state index in [1.807, 2.05) is 0 Å². The highest BCUT2D eigenvalue weighted by atomic mass is 14.8. The van der Waals surface area contributed by atoms with Crippen LogP contribution in [0.5, 0.6) is 0 Å². The molecule has 2 unspecified atom stereocenters. The fourth-order valence-corrected chi connectivity index (χ4v) is 2.84. The molecule has 1 aliphatic rings. The average Bonchev–Trinajstić information content (AvgIpc) is 1.78. The summed E-state index contributed by atoms with van der Waals surface area (Å²) < 4.78 is 0. The molecule has 1 aliphatic carbocycles. The van der Waals surface area contributed by atoms with Crippen molar-refractivity contribution in [1.82, 2.24) is 0 Å². The van der Waals surface area contributed by atoms with Gasteiger partial charge in [0.25, 0.3) is 0 Å². The molecule has 1 fully saturated rings. The van der Waals surface area contributed by atoms with Crippen LogP contribution in [0.3, 0.4) is 0 Å². The van der Waals surface area contributed by atoms with Gasteiger partial charge >= 0.3 is 0 Å². The fourth-order valence-electron chi connectivity index (χ4n) is 2.84. The summed E-state index contributed by atoms with van der Waals surface area (Å²) in [4.78, 5) is 0. The summed E-state index contributed by atoms with van der Waals surface area (Å²) in [6.45, 7) is 11.3. The lowest BCUT2D eigenvalue weighted by Gasteiger charge is -2.52. The maximum absolute atomic E-state index is 6.13. The summed E-state index contributed by atoms with van der Waals surface area (Å²) in [7, 11) is 0. The van der Waals surface area contributed by atoms with Crippen molar-refractivity contribution < 1.29 is 0 Å². The minimum absolute atomic E-state index is 0.0292. The van der Waals surface area contributed by atoms with E-state index in [0.717, 1.165) is 23.7 Å². The van der Waals surface area contributed by atoms with Crippen molar-refractivity contribution in [1.29, 1.82) is 0 Å². The van der Waals surface area contributed by atoms with Gasteiger partial charge < -0.3 is 5.73 Å². The Morgan fingerprint density at radius 1 is 1.33 bits per heavy atom. The molecule has 0 spiro atoms. The van der Waals surface area contributed by atoms with Crippen molar-refractivity contribution in [3.8, 4) is 0 Å². The molecule has 3 atom stereocenters. The molecule has 12 heavy (non-hydrogen) atoms. The van der Waals surface area contributed by atoms with Crippen molar-refractivity contribution in [3.63, 3.8) is 0 Å². The first-order valence-electron chi connectivity index (χ1n) is 5.13. The molecule has 0 amide bonds. The Labute approximate surface area is 76.7 Å². The van der Waals surface area contributed by atoms with Gasteiger partial charge in [-0.2, -0.15) is 0 Å². The molecule has 0 bridgehead atoms. The quantitative estimate of drug-likeness (QED) is 0.675. The summed E-state index contributed by atoms with van der Waals surface area (Å²) in [6, 6.07) is 0. The van der Waals surface area contributed by atoms with E-state index in [2.05, 4.69) is 34.6 Å². The Balaban J connectivity index is 2.60. The van der Waals surface area contributed by atoms with E-state index in [1.54, 1.807) is 0 Å². The maximum Gasteiger partial charge on any atom is 0.0128 e. The summed E-state index contributed by atoms with van der Waals surface area (Å²) >= 11 is 0. The van der Waals surface area contributed by atoms with Crippen molar-refractivity contribution in [3.05, 3.63) is 0 Å². The van der Waals surface area contributed by atoms with Crippen LogP contribution in [0.25, 0.3) is 0 Å². The highest BCUT2D eigenvalue weighted by Crippen LogP contribution is 2.48. The van der Waals surface area contributed by atoms with Gasteiger partial charge in [0.1, 0.15) is 0 Å². The summed E-state index contributed by atoms with van der Waals surface area (Å²) in [5, 5.41) is 0. The van der Waals surface area contributed by atoms with Crippen molar-refractivity contribution in [2.24, 2.45) is 29.4 Å². The second kappa shape index (κ2) is 3.02. The summed E-state index contributed by atoms with van der Waals surface area (Å²) in [5.74, 6) is 3.27. The Hall–Kier alpha value is -0.0400. The second-order valence-electron chi connectivity index (χ2n) is 5.46. The molecule has 0 saturated heterocycles. The van der Waals surface area contributed by atoms with Crippen LogP contribution in [0, 0.1) is 23.7 Å². The van der Waals surface area contributed by atoms with Gasteiger partial charge in [0.05, 0.1) is 0 Å². The van der Waals surface area contributed by atoms with E-state index >= 15 is 0 Å². The molecule has 1 heteroatoms. The lowest BCUT2D eigenvalue weighted by Crippen LogP contribution is -2.54. The highest BCUT2D eigenvalue weighted by Gasteiger charge is 2.45. The van der Waals surface area contributed by atoms with E-state index in [1.165, 1.54) is 6.42 Å². The fraction of sp³-hybridized carbons (Fsp3) is 1.00. The maximum atomic E-state index is 6.13. The van der Waals surface area contributed by atoms with Crippen LogP contribution in [0.4, 0.5) is 0 Å². The Morgan fingerprint density at radius 2 is 1.83 bits per heavy atom. The minimum Gasteiger partial charge on any atom is -0.325 e. The van der Waals surface area contributed by atoms with Gasteiger partial charge in [-0.3, -0.25) is 0 Å². The Bertz CT molecular complexity index is 150. The van der Waals surface area contributed by atoms with Crippen LogP contribution in [-0.2, 0) is 0 Å². The van der Waals surface area contributed by atoms with Crippen LogP contribution in [0.1, 0.15) is 41.0 Å². The minimum atomic E-state index is 0.0292. The largest absolute Gasteiger partial charge is 0.325 e. The third-order valence-electron chi connectivity index (χ3n) is 3.47. The first-order valence-corrected chi connectivity index (χ1v) is 5.13. The predicted octanol–water partition coefficient (Wildman–Crippen LogP) is 2.65. The van der Waals surface area contributed by atoms with Crippen molar-refractivity contribution >= 4 is 0 Å². The topological polar surface area (TPSA) is 26.0 Å². The van der Waals surface area contributed by atoms with Gasteiger partial charge in [0, 0.05) is 5.54 Å². The molecule has 0 heterocycles. The van der Waals surface area contributed by atoms with E-state index in [-0.39, 0.29) is 5.54 Å². The zero-order valence-electron chi connectivity index (χ0n) is 9.09. The van der Waals surface area contributed by atoms with Crippen LogP contribution in [-0.4, -0.2) is 5.54 Å². The average molecular weight is 169 g/mol. The van der Waals surface area contributed by atoms with Crippen molar-refractivity contribution in [2.75, 3.05) is 0 Å². The number of nitrogens with two attached hydrogens (primary N) is 1. The molecule has 0 aliphatic heterocycles. The number of hydrogen-bond acceptors (Lipinski definition) is 1. The summed E-state index contributed by atoms with van der Waals surface area (Å²) in [5.41, 5.74) is 6.16. The number of hydrogen-bond donors (Lipinski definition) is 1. The zero-order chi connectivity index (χ0) is 9.52. The standard InChI is InChI=1S/C11H23N/c1-7(2)10-8(3)6-9(10)11(4,5)12/h7-10H,6,12H2,1-5H3/t8-,9?,10?/m1/s1. The van der Waals surface area contributed by atoms with E-state index < -0.39 is 0 Å². The molecular weight excluding hydrogens is 146 g/mol. The van der Waals surface area contributed by atoms with Gasteiger partial charge in [-0.15, -0.1) is 0 Å². The third kappa shape index (κ3) is 1.66. The van der Waals surface area contributed by atoms with E-state index in [4.69, 9.17) is 5.73 Å². The first kappa shape index (κ1) is 10.0. The smallest absolute Gasteiger partial charge is 0.0128 e. The highest BCUT2D eigenvalue weighted by molar-refractivity contribution is 4.98. The van der Waals surface area contributed by atoms with Gasteiger partial charge in [0.15, 0.2) is 0 Å². The van der Waals surface area contributed by atoms with Gasteiger partial charge in [0.2, 0.25) is 0 Å². The Morgan fingerprint density at radius 3 is 2.00 bits per heavy atom. The predicted molar refractivity (Wildman–Crippen MR) is 53.9 cm³/mol. The van der Waals surface area contributed by atoms with E-state index in [9.17, 15) is 0 Å². The lowest BCUT2D eigenvalue weighted by atomic mass is 9.55. The summed E-state index contributed by atoms with van der Waals surface area (Å²) in [6.07, 6.45) is 1.33. The lowest BCUT2D eigenvalue weighted by molar-refractivity contribution is -0.00204. The molecule has 0 radical (unpaired) electrons. The first-order chi connectivity index (χ1) is 5.34. The van der Waals surface area contributed by atoms with Crippen LogP contribution < -0.4 is 5.73 Å². The molecule has 0 aromatic carbocycles. The molecule has 1 rings (SSSR count). The van der Waals surface area contributed by atoms with Gasteiger partial charge in [-0.1, -0.05) is 20.8 Å². The van der Waals surface area contributed by atoms with Crippen LogP contribution >= 0.6 is 0 Å². The molecule has 0 aromatic heterocycles. The molecule has 0 aromatic rings. The number of rotatable bonds is 2. The molecule has 2 N–H and O–H groups in total. The molecule has 72 valence electrons.